The van der Waals surface area contributed by atoms with Crippen molar-refractivity contribution in [2.45, 2.75) is 88.9 Å². The molecule has 4 heterocycles. The number of benzene rings is 3. The van der Waals surface area contributed by atoms with Crippen LogP contribution in [-0.2, 0) is 31.1 Å². The molecular weight excluding hydrogens is 571 g/mol. The van der Waals surface area contributed by atoms with Gasteiger partial charge in [-0.25, -0.2) is 0 Å². The summed E-state index contributed by atoms with van der Waals surface area (Å²) in [5.74, 6) is 3.06. The molecule has 2 saturated carbocycles. The summed E-state index contributed by atoms with van der Waals surface area (Å²) in [5.41, 5.74) is 22.0. The predicted octanol–water partition coefficient (Wildman–Crippen LogP) is 10.2. The molecule has 0 aliphatic heterocycles. The second-order valence-corrected chi connectivity index (χ2v) is 16.8. The van der Waals surface area contributed by atoms with Gasteiger partial charge in [0.25, 0.3) is 0 Å². The fourth-order valence-electron chi connectivity index (χ4n) is 12.7. The van der Waals surface area contributed by atoms with Crippen LogP contribution < -0.4 is 0 Å². The number of nitrogens with zero attached hydrogens (tertiary/aromatic N) is 3. The first-order valence-electron chi connectivity index (χ1n) is 18.4. The van der Waals surface area contributed by atoms with Crippen molar-refractivity contribution >= 4 is 38.1 Å². The lowest BCUT2D eigenvalue weighted by Gasteiger charge is -2.38. The predicted molar refractivity (Wildman–Crippen MR) is 190 cm³/mol. The van der Waals surface area contributed by atoms with E-state index < -0.39 is 0 Å². The second kappa shape index (κ2) is 7.89. The Bertz CT molecular complexity index is 2590. The molecule has 0 spiro atoms. The van der Waals surface area contributed by atoms with Crippen LogP contribution in [0.3, 0.4) is 0 Å². The van der Waals surface area contributed by atoms with E-state index in [2.05, 4.69) is 73.1 Å². The zero-order valence-corrected chi connectivity index (χ0v) is 27.2. The molecule has 0 saturated heterocycles. The number of rotatable bonds is 0. The molecule has 2 fully saturated rings. The van der Waals surface area contributed by atoms with E-state index in [1.807, 2.05) is 0 Å². The highest BCUT2D eigenvalue weighted by Crippen LogP contribution is 2.61. The quantitative estimate of drug-likeness (QED) is 0.172. The van der Waals surface area contributed by atoms with Gasteiger partial charge >= 0.3 is 0 Å². The minimum atomic E-state index is -0.123. The van der Waals surface area contributed by atoms with Crippen LogP contribution >= 0.6 is 0 Å². The normalized spacial score (nSPS) is 25.5. The average molecular weight is 608 g/mol. The molecule has 47 heavy (non-hydrogen) atoms. The summed E-state index contributed by atoms with van der Waals surface area (Å²) < 4.78 is 2.66. The Morgan fingerprint density at radius 1 is 0.638 bits per heavy atom. The van der Waals surface area contributed by atoms with Gasteiger partial charge in [-0.2, -0.15) is 0 Å². The molecular formula is C44H37N3. The van der Waals surface area contributed by atoms with E-state index in [1.54, 1.807) is 49.7 Å². The zero-order chi connectivity index (χ0) is 30.5. The molecule has 4 bridgehead atoms. The summed E-state index contributed by atoms with van der Waals surface area (Å²) in [7, 11) is 0. The highest BCUT2D eigenvalue weighted by atomic mass is 15.0. The third kappa shape index (κ3) is 2.69. The highest BCUT2D eigenvalue weighted by molar-refractivity contribution is 6.30. The molecule has 7 aliphatic carbocycles. The molecule has 228 valence electrons. The lowest BCUT2D eigenvalue weighted by molar-refractivity contribution is 0.165. The summed E-state index contributed by atoms with van der Waals surface area (Å²) in [4.78, 5) is 10.9. The van der Waals surface area contributed by atoms with Crippen LogP contribution in [-0.4, -0.2) is 14.4 Å². The maximum absolute atomic E-state index is 5.50. The second-order valence-electron chi connectivity index (χ2n) is 16.8. The van der Waals surface area contributed by atoms with E-state index in [0.29, 0.717) is 11.8 Å². The van der Waals surface area contributed by atoms with Gasteiger partial charge < -0.3 is 4.40 Å². The number of hydrogen-bond acceptors (Lipinski definition) is 2. The van der Waals surface area contributed by atoms with Gasteiger partial charge in [0.15, 0.2) is 0 Å². The van der Waals surface area contributed by atoms with Crippen molar-refractivity contribution in [3.05, 3.63) is 99.6 Å². The fraction of sp³-hybridized carbons (Fsp3) is 0.364. The molecule has 3 heteroatoms. The molecule has 3 nitrogen and oxygen atoms in total. The zero-order valence-electron chi connectivity index (χ0n) is 27.2. The van der Waals surface area contributed by atoms with E-state index in [1.165, 1.54) is 87.5 Å². The summed E-state index contributed by atoms with van der Waals surface area (Å²) in [5, 5.41) is 6.10. The standard InChI is InChI=1S/C44H37N3/c1-44(2)30-9-4-3-8-27(30)38-40-32(20-46-43(38)44)47-31-19-45-41-26-17-21-14-22(18-26)16-25(15-21)34(41)39(31)36-28-12-10-23-6-5-7-24-11-13-29(35(28)33(23)24)37(40)42(36)47/h3-9,19-22,25-26H,10-18H2,1-2H3. The summed E-state index contributed by atoms with van der Waals surface area (Å²) in [6, 6.07) is 16.3. The van der Waals surface area contributed by atoms with Gasteiger partial charge in [0.1, 0.15) is 0 Å². The van der Waals surface area contributed by atoms with Crippen LogP contribution in [0.1, 0.15) is 103 Å². The molecule has 7 aliphatic rings. The topological polar surface area (TPSA) is 30.2 Å². The Morgan fingerprint density at radius 2 is 1.32 bits per heavy atom. The fourth-order valence-corrected chi connectivity index (χ4v) is 12.7. The number of pyridine rings is 2. The summed E-state index contributed by atoms with van der Waals surface area (Å²) >= 11 is 0. The van der Waals surface area contributed by atoms with E-state index in [9.17, 15) is 0 Å². The number of fused-ring (bicyclic) bond motifs is 12. The van der Waals surface area contributed by atoms with Gasteiger partial charge in [0, 0.05) is 44.1 Å². The average Bonchev–Trinajstić information content (AvgIpc) is 3.64. The Kier molecular flexibility index (Phi) is 4.18. The minimum absolute atomic E-state index is 0.123. The van der Waals surface area contributed by atoms with E-state index in [-0.39, 0.29) is 5.41 Å². The van der Waals surface area contributed by atoms with E-state index in [4.69, 9.17) is 9.97 Å². The Morgan fingerprint density at radius 3 is 2.11 bits per heavy atom. The molecule has 3 aromatic carbocycles. The molecule has 0 radical (unpaired) electrons. The molecule has 2 atom stereocenters. The highest BCUT2D eigenvalue weighted by Gasteiger charge is 2.46. The summed E-state index contributed by atoms with van der Waals surface area (Å²) in [6.07, 6.45) is 16.0. The van der Waals surface area contributed by atoms with Crippen LogP contribution in [0.4, 0.5) is 0 Å². The Balaban J connectivity index is 1.30. The number of hydrogen-bond donors (Lipinski definition) is 0. The third-order valence-electron chi connectivity index (χ3n) is 14.2. The van der Waals surface area contributed by atoms with Crippen molar-refractivity contribution < 1.29 is 0 Å². The van der Waals surface area contributed by atoms with Crippen LogP contribution in [0.25, 0.3) is 60.3 Å². The third-order valence-corrected chi connectivity index (χ3v) is 14.2. The Labute approximate surface area is 274 Å². The maximum atomic E-state index is 5.50. The van der Waals surface area contributed by atoms with Crippen molar-refractivity contribution in [2.24, 2.45) is 11.8 Å². The van der Waals surface area contributed by atoms with Crippen LogP contribution in [0, 0.1) is 11.8 Å². The molecule has 0 N–H and O–H groups in total. The molecule has 2 unspecified atom stereocenters. The number of aryl methyl sites for hydroxylation is 4. The molecule has 7 aromatic rings. The van der Waals surface area contributed by atoms with Gasteiger partial charge in [-0.05, 0) is 126 Å². The lowest BCUT2D eigenvalue weighted by atomic mass is 9.67. The molecule has 4 aromatic heterocycles. The first-order chi connectivity index (χ1) is 23.1. The SMILES string of the molecule is CC1(C)c2ccccc2-c2c1ncc1c2c2c3c4c(c5c6c7c(ncc6n1c25)C1CC2CC(C1)CC7C2)CCc1cccc(c1-4)CC3. The Hall–Kier alpha value is -4.24. The van der Waals surface area contributed by atoms with Crippen LogP contribution in [0.5, 0.6) is 0 Å². The van der Waals surface area contributed by atoms with Gasteiger partial charge in [-0.3, -0.25) is 9.97 Å². The minimum Gasteiger partial charge on any atom is -0.305 e. The van der Waals surface area contributed by atoms with Crippen molar-refractivity contribution in [1.29, 1.82) is 0 Å². The van der Waals surface area contributed by atoms with Crippen molar-refractivity contribution in [2.75, 3.05) is 0 Å². The van der Waals surface area contributed by atoms with Gasteiger partial charge in [0.2, 0.25) is 0 Å². The van der Waals surface area contributed by atoms with Gasteiger partial charge in [0.05, 0.1) is 34.6 Å². The van der Waals surface area contributed by atoms with E-state index in [0.717, 1.165) is 37.5 Å². The van der Waals surface area contributed by atoms with Crippen molar-refractivity contribution in [1.82, 2.24) is 14.4 Å². The van der Waals surface area contributed by atoms with Crippen LogP contribution in [0.2, 0.25) is 0 Å². The van der Waals surface area contributed by atoms with Crippen molar-refractivity contribution in [3.63, 3.8) is 0 Å². The monoisotopic (exact) mass is 607 g/mol. The van der Waals surface area contributed by atoms with E-state index >= 15 is 0 Å². The first-order valence-corrected chi connectivity index (χ1v) is 18.4. The molecule has 0 amide bonds. The molecule has 14 rings (SSSR count). The number of aromatic nitrogens is 3. The summed E-state index contributed by atoms with van der Waals surface area (Å²) in [6.45, 7) is 4.75. The van der Waals surface area contributed by atoms with Crippen LogP contribution in [0.15, 0.2) is 54.9 Å². The lowest BCUT2D eigenvalue weighted by Crippen LogP contribution is -2.25. The van der Waals surface area contributed by atoms with Gasteiger partial charge in [-0.1, -0.05) is 56.3 Å². The first kappa shape index (κ1) is 24.9. The maximum Gasteiger partial charge on any atom is 0.0732 e. The van der Waals surface area contributed by atoms with Crippen molar-refractivity contribution in [3.8, 4) is 22.3 Å². The van der Waals surface area contributed by atoms with Gasteiger partial charge in [-0.15, -0.1) is 0 Å². The smallest absolute Gasteiger partial charge is 0.0732 e. The largest absolute Gasteiger partial charge is 0.305 e.